The molecule has 18 heavy (non-hydrogen) atoms. The van der Waals surface area contributed by atoms with Crippen molar-refractivity contribution in [3.05, 3.63) is 34.1 Å². The summed E-state index contributed by atoms with van der Waals surface area (Å²) >= 11 is 3.27. The first kappa shape index (κ1) is 14.0. The third-order valence-corrected chi connectivity index (χ3v) is 4.46. The van der Waals surface area contributed by atoms with Crippen LogP contribution in [0.5, 0.6) is 0 Å². The molecule has 2 nitrogen and oxygen atoms in total. The summed E-state index contributed by atoms with van der Waals surface area (Å²) < 4.78 is 13.9. The zero-order valence-electron chi connectivity index (χ0n) is 10.7. The predicted molar refractivity (Wildman–Crippen MR) is 75.9 cm³/mol. The Morgan fingerprint density at radius 2 is 2.28 bits per heavy atom. The second kappa shape index (κ2) is 6.13. The number of likely N-dealkylation sites (tertiary alicyclic amines) is 1. The molecule has 1 fully saturated rings. The Labute approximate surface area is 116 Å². The van der Waals surface area contributed by atoms with Crippen LogP contribution in [0.1, 0.15) is 31.4 Å². The number of nitrogens with two attached hydrogens (primary N) is 1. The van der Waals surface area contributed by atoms with E-state index in [1.54, 1.807) is 0 Å². The normalized spacial score (nSPS) is 25.3. The summed E-state index contributed by atoms with van der Waals surface area (Å²) in [6.07, 6.45) is 2.36. The standard InChI is InChI=1S/C14H20BrFN2/c1-2-18-7-3-4-11(9-17)14(18)10-5-6-13(16)12(15)8-10/h5-6,8,11,14H,2-4,7,9,17H2,1H3. The highest BCUT2D eigenvalue weighted by molar-refractivity contribution is 9.10. The number of benzene rings is 1. The highest BCUT2D eigenvalue weighted by Crippen LogP contribution is 2.36. The lowest BCUT2D eigenvalue weighted by Crippen LogP contribution is -2.41. The third kappa shape index (κ3) is 2.76. The molecule has 0 aliphatic carbocycles. The van der Waals surface area contributed by atoms with E-state index in [0.717, 1.165) is 19.5 Å². The SMILES string of the molecule is CCN1CCCC(CN)C1c1ccc(F)c(Br)c1. The average molecular weight is 315 g/mol. The van der Waals surface area contributed by atoms with E-state index in [-0.39, 0.29) is 5.82 Å². The molecular weight excluding hydrogens is 295 g/mol. The van der Waals surface area contributed by atoms with Crippen LogP contribution in [0.15, 0.2) is 22.7 Å². The maximum Gasteiger partial charge on any atom is 0.137 e. The van der Waals surface area contributed by atoms with Gasteiger partial charge in [-0.15, -0.1) is 0 Å². The smallest absolute Gasteiger partial charge is 0.137 e. The second-order valence-corrected chi connectivity index (χ2v) is 5.74. The third-order valence-electron chi connectivity index (χ3n) is 3.85. The molecule has 2 N–H and O–H groups in total. The number of nitrogens with zero attached hydrogens (tertiary/aromatic N) is 1. The molecule has 0 aromatic heterocycles. The number of hydrogen-bond donors (Lipinski definition) is 1. The Morgan fingerprint density at radius 3 is 2.89 bits per heavy atom. The first-order valence-electron chi connectivity index (χ1n) is 6.56. The van der Waals surface area contributed by atoms with Gasteiger partial charge in [-0.1, -0.05) is 13.0 Å². The molecule has 4 heteroatoms. The highest BCUT2D eigenvalue weighted by Gasteiger charge is 2.31. The first-order chi connectivity index (χ1) is 8.67. The summed E-state index contributed by atoms with van der Waals surface area (Å²) in [5, 5.41) is 0. The zero-order chi connectivity index (χ0) is 13.1. The van der Waals surface area contributed by atoms with Gasteiger partial charge in [0.15, 0.2) is 0 Å². The van der Waals surface area contributed by atoms with Crippen molar-refractivity contribution in [3.63, 3.8) is 0 Å². The summed E-state index contributed by atoms with van der Waals surface area (Å²) in [7, 11) is 0. The molecule has 1 aromatic carbocycles. The van der Waals surface area contributed by atoms with Crippen molar-refractivity contribution in [2.24, 2.45) is 11.7 Å². The molecule has 0 saturated carbocycles. The van der Waals surface area contributed by atoms with Crippen LogP contribution in [-0.4, -0.2) is 24.5 Å². The molecule has 2 rings (SSSR count). The van der Waals surface area contributed by atoms with E-state index in [4.69, 9.17) is 5.73 Å². The quantitative estimate of drug-likeness (QED) is 0.927. The fourth-order valence-electron chi connectivity index (χ4n) is 2.93. The molecule has 0 amide bonds. The molecule has 1 aromatic rings. The van der Waals surface area contributed by atoms with E-state index < -0.39 is 0 Å². The van der Waals surface area contributed by atoms with E-state index in [2.05, 4.69) is 27.8 Å². The summed E-state index contributed by atoms with van der Waals surface area (Å²) in [4.78, 5) is 2.45. The molecule has 2 unspecified atom stereocenters. The van der Waals surface area contributed by atoms with E-state index in [1.165, 1.54) is 18.1 Å². The summed E-state index contributed by atoms with van der Waals surface area (Å²) in [5.41, 5.74) is 7.07. The molecule has 0 bridgehead atoms. The Bertz CT molecular complexity index is 399. The van der Waals surface area contributed by atoms with Crippen LogP contribution in [-0.2, 0) is 0 Å². The van der Waals surface area contributed by atoms with Gasteiger partial charge >= 0.3 is 0 Å². The van der Waals surface area contributed by atoms with Crippen LogP contribution in [0.2, 0.25) is 0 Å². The molecule has 0 radical (unpaired) electrons. The summed E-state index contributed by atoms with van der Waals surface area (Å²) in [6, 6.07) is 5.65. The fraction of sp³-hybridized carbons (Fsp3) is 0.571. The van der Waals surface area contributed by atoms with Crippen molar-refractivity contribution in [2.75, 3.05) is 19.6 Å². The second-order valence-electron chi connectivity index (χ2n) is 4.88. The van der Waals surface area contributed by atoms with Gasteiger partial charge < -0.3 is 5.73 Å². The van der Waals surface area contributed by atoms with E-state index in [0.29, 0.717) is 23.0 Å². The van der Waals surface area contributed by atoms with Gasteiger partial charge in [0.25, 0.3) is 0 Å². The fourth-order valence-corrected chi connectivity index (χ4v) is 3.33. The van der Waals surface area contributed by atoms with Crippen molar-refractivity contribution < 1.29 is 4.39 Å². The van der Waals surface area contributed by atoms with Gasteiger partial charge in [-0.05, 0) is 72.0 Å². The highest BCUT2D eigenvalue weighted by atomic mass is 79.9. The van der Waals surface area contributed by atoms with Crippen LogP contribution in [0.4, 0.5) is 4.39 Å². The van der Waals surface area contributed by atoms with E-state index >= 15 is 0 Å². The van der Waals surface area contributed by atoms with Crippen molar-refractivity contribution in [2.45, 2.75) is 25.8 Å². The number of rotatable bonds is 3. The van der Waals surface area contributed by atoms with Gasteiger partial charge in [0, 0.05) is 6.04 Å². The minimum Gasteiger partial charge on any atom is -0.330 e. The summed E-state index contributed by atoms with van der Waals surface area (Å²) in [5.74, 6) is 0.262. The minimum atomic E-state index is -0.207. The molecule has 1 aliphatic rings. The molecule has 1 heterocycles. The van der Waals surface area contributed by atoms with Gasteiger partial charge in [-0.2, -0.15) is 0 Å². The van der Waals surface area contributed by atoms with Crippen molar-refractivity contribution in [1.82, 2.24) is 4.90 Å². The zero-order valence-corrected chi connectivity index (χ0v) is 12.3. The van der Waals surface area contributed by atoms with Gasteiger partial charge in [-0.25, -0.2) is 4.39 Å². The van der Waals surface area contributed by atoms with Crippen molar-refractivity contribution in [1.29, 1.82) is 0 Å². The Hall–Kier alpha value is -0.450. The van der Waals surface area contributed by atoms with Gasteiger partial charge in [0.2, 0.25) is 0 Å². The predicted octanol–water partition coefficient (Wildman–Crippen LogP) is 3.32. The van der Waals surface area contributed by atoms with Crippen LogP contribution in [0, 0.1) is 11.7 Å². The largest absolute Gasteiger partial charge is 0.330 e. The molecule has 100 valence electrons. The lowest BCUT2D eigenvalue weighted by Gasteiger charge is -2.41. The summed E-state index contributed by atoms with van der Waals surface area (Å²) in [6.45, 7) is 4.98. The maximum atomic E-state index is 13.3. The Kier molecular flexibility index (Phi) is 4.76. The monoisotopic (exact) mass is 314 g/mol. The topological polar surface area (TPSA) is 29.3 Å². The molecule has 0 spiro atoms. The average Bonchev–Trinajstić information content (AvgIpc) is 2.41. The van der Waals surface area contributed by atoms with E-state index in [9.17, 15) is 4.39 Å². The molecule has 1 saturated heterocycles. The number of piperidine rings is 1. The lowest BCUT2D eigenvalue weighted by atomic mass is 9.84. The lowest BCUT2D eigenvalue weighted by molar-refractivity contribution is 0.102. The van der Waals surface area contributed by atoms with Crippen molar-refractivity contribution >= 4 is 15.9 Å². The van der Waals surface area contributed by atoms with Gasteiger partial charge in [0.1, 0.15) is 5.82 Å². The Morgan fingerprint density at radius 1 is 1.50 bits per heavy atom. The Balaban J connectivity index is 2.32. The van der Waals surface area contributed by atoms with E-state index in [1.807, 2.05) is 12.1 Å². The van der Waals surface area contributed by atoms with Gasteiger partial charge in [0.05, 0.1) is 4.47 Å². The maximum absolute atomic E-state index is 13.3. The van der Waals surface area contributed by atoms with Crippen LogP contribution in [0.25, 0.3) is 0 Å². The van der Waals surface area contributed by atoms with Crippen LogP contribution < -0.4 is 5.73 Å². The minimum absolute atomic E-state index is 0.207. The molecule has 1 aliphatic heterocycles. The first-order valence-corrected chi connectivity index (χ1v) is 7.35. The number of halogens is 2. The van der Waals surface area contributed by atoms with Crippen LogP contribution in [0.3, 0.4) is 0 Å². The molecule has 2 atom stereocenters. The van der Waals surface area contributed by atoms with Crippen molar-refractivity contribution in [3.8, 4) is 0 Å². The van der Waals surface area contributed by atoms with Crippen LogP contribution >= 0.6 is 15.9 Å². The molecular formula is C14H20BrFN2. The number of hydrogen-bond acceptors (Lipinski definition) is 2. The van der Waals surface area contributed by atoms with Gasteiger partial charge in [-0.3, -0.25) is 4.90 Å².